The highest BCUT2D eigenvalue weighted by atomic mass is 19.4. The van der Waals surface area contributed by atoms with Crippen molar-refractivity contribution in [3.63, 3.8) is 0 Å². The van der Waals surface area contributed by atoms with E-state index in [2.05, 4.69) is 38.8 Å². The molecule has 2 aromatic heterocycles. The van der Waals surface area contributed by atoms with Gasteiger partial charge in [0, 0.05) is 55.7 Å². The van der Waals surface area contributed by atoms with E-state index in [1.807, 2.05) is 24.5 Å². The van der Waals surface area contributed by atoms with E-state index in [1.54, 1.807) is 6.20 Å². The standard InChI is InChI=1S/C23H26F3N5/c1-16(2)21(18-14-28-29-15-18)30-10-12-31(13-11-30)22-20(4-3-9-27-22)17-5-7-19(8-6-17)23(24,25)26/h3-9,14-16,21H,10-13H2,1-2H3,(H,28,29). The van der Waals surface area contributed by atoms with Crippen molar-refractivity contribution in [2.24, 2.45) is 5.92 Å². The molecule has 0 saturated carbocycles. The van der Waals surface area contributed by atoms with Gasteiger partial charge in [0.1, 0.15) is 5.82 Å². The maximum atomic E-state index is 12.9. The van der Waals surface area contributed by atoms with E-state index < -0.39 is 11.7 Å². The summed E-state index contributed by atoms with van der Waals surface area (Å²) in [5, 5.41) is 7.02. The minimum atomic E-state index is -4.34. The average Bonchev–Trinajstić information content (AvgIpc) is 3.28. The number of piperazine rings is 1. The quantitative estimate of drug-likeness (QED) is 0.619. The van der Waals surface area contributed by atoms with Gasteiger partial charge in [0.05, 0.1) is 11.8 Å². The van der Waals surface area contributed by atoms with Gasteiger partial charge in [-0.25, -0.2) is 4.98 Å². The summed E-state index contributed by atoms with van der Waals surface area (Å²) in [7, 11) is 0. The second-order valence-electron chi connectivity index (χ2n) is 8.19. The van der Waals surface area contributed by atoms with E-state index in [1.165, 1.54) is 17.7 Å². The third-order valence-electron chi connectivity index (χ3n) is 5.81. The number of H-pyrrole nitrogens is 1. The van der Waals surface area contributed by atoms with E-state index in [9.17, 15) is 13.2 Å². The molecule has 4 rings (SSSR count). The number of nitrogens with one attached hydrogen (secondary N) is 1. The van der Waals surface area contributed by atoms with Crippen LogP contribution in [0.4, 0.5) is 19.0 Å². The lowest BCUT2D eigenvalue weighted by molar-refractivity contribution is -0.137. The van der Waals surface area contributed by atoms with Crippen LogP contribution >= 0.6 is 0 Å². The number of rotatable bonds is 5. The number of hydrogen-bond donors (Lipinski definition) is 1. The molecule has 8 heteroatoms. The molecule has 164 valence electrons. The Hall–Kier alpha value is -2.87. The first kappa shape index (κ1) is 21.4. The fraction of sp³-hybridized carbons (Fsp3) is 0.391. The van der Waals surface area contributed by atoms with E-state index in [4.69, 9.17) is 0 Å². The van der Waals surface area contributed by atoms with Crippen LogP contribution < -0.4 is 4.90 Å². The number of aromatic nitrogens is 3. The van der Waals surface area contributed by atoms with Gasteiger partial charge in [-0.3, -0.25) is 10.00 Å². The third-order valence-corrected chi connectivity index (χ3v) is 5.81. The summed E-state index contributed by atoms with van der Waals surface area (Å²) in [6.07, 6.45) is 1.24. The topological polar surface area (TPSA) is 48.1 Å². The van der Waals surface area contributed by atoms with Crippen LogP contribution in [0.2, 0.25) is 0 Å². The van der Waals surface area contributed by atoms with Crippen LogP contribution in [0.15, 0.2) is 55.0 Å². The normalized spacial score (nSPS) is 16.6. The highest BCUT2D eigenvalue weighted by Gasteiger charge is 2.31. The van der Waals surface area contributed by atoms with Crippen molar-refractivity contribution in [1.82, 2.24) is 20.1 Å². The summed E-state index contributed by atoms with van der Waals surface area (Å²) >= 11 is 0. The number of nitrogens with zero attached hydrogens (tertiary/aromatic N) is 4. The van der Waals surface area contributed by atoms with Crippen molar-refractivity contribution in [3.05, 3.63) is 66.1 Å². The van der Waals surface area contributed by atoms with Crippen LogP contribution in [-0.4, -0.2) is 46.3 Å². The van der Waals surface area contributed by atoms with Gasteiger partial charge < -0.3 is 4.90 Å². The van der Waals surface area contributed by atoms with Gasteiger partial charge in [-0.1, -0.05) is 26.0 Å². The number of halogens is 3. The predicted molar refractivity (Wildman–Crippen MR) is 115 cm³/mol. The molecule has 0 bridgehead atoms. The Bertz CT molecular complexity index is 975. The number of anilines is 1. The SMILES string of the molecule is CC(C)C(c1cn[nH]c1)N1CCN(c2ncccc2-c2ccc(C(F)(F)F)cc2)CC1. The number of alkyl halides is 3. The van der Waals surface area contributed by atoms with Crippen molar-refractivity contribution in [2.45, 2.75) is 26.1 Å². The molecule has 0 aliphatic carbocycles. The number of hydrogen-bond acceptors (Lipinski definition) is 4. The Labute approximate surface area is 179 Å². The van der Waals surface area contributed by atoms with Crippen molar-refractivity contribution < 1.29 is 13.2 Å². The lowest BCUT2D eigenvalue weighted by atomic mass is 9.96. The molecule has 1 N–H and O–H groups in total. The summed E-state index contributed by atoms with van der Waals surface area (Å²) in [5.74, 6) is 1.26. The van der Waals surface area contributed by atoms with Gasteiger partial charge in [0.2, 0.25) is 0 Å². The molecular formula is C23H26F3N5. The predicted octanol–water partition coefficient (Wildman–Crippen LogP) is 5.01. The first-order valence-electron chi connectivity index (χ1n) is 10.4. The van der Waals surface area contributed by atoms with Crippen LogP contribution in [0.5, 0.6) is 0 Å². The van der Waals surface area contributed by atoms with Gasteiger partial charge in [0.25, 0.3) is 0 Å². The van der Waals surface area contributed by atoms with Gasteiger partial charge in [-0.2, -0.15) is 18.3 Å². The molecule has 31 heavy (non-hydrogen) atoms. The Morgan fingerprint density at radius 2 is 1.71 bits per heavy atom. The second kappa shape index (κ2) is 8.70. The Kier molecular flexibility index (Phi) is 6.00. The third kappa shape index (κ3) is 4.58. The van der Waals surface area contributed by atoms with Crippen LogP contribution in [0, 0.1) is 5.92 Å². The zero-order chi connectivity index (χ0) is 22.0. The lowest BCUT2D eigenvalue weighted by Crippen LogP contribution is -2.49. The molecule has 1 aliphatic rings. The van der Waals surface area contributed by atoms with Gasteiger partial charge in [-0.05, 0) is 35.7 Å². The molecule has 1 atom stereocenters. The molecule has 5 nitrogen and oxygen atoms in total. The molecule has 0 spiro atoms. The molecule has 1 aromatic carbocycles. The van der Waals surface area contributed by atoms with Gasteiger partial charge >= 0.3 is 6.18 Å². The van der Waals surface area contributed by atoms with E-state index >= 15 is 0 Å². The largest absolute Gasteiger partial charge is 0.416 e. The maximum Gasteiger partial charge on any atom is 0.416 e. The van der Waals surface area contributed by atoms with E-state index in [0.717, 1.165) is 55.3 Å². The summed E-state index contributed by atoms with van der Waals surface area (Å²) in [6.45, 7) is 7.77. The van der Waals surface area contributed by atoms with Crippen molar-refractivity contribution in [3.8, 4) is 11.1 Å². The molecule has 3 heterocycles. The van der Waals surface area contributed by atoms with Crippen LogP contribution in [-0.2, 0) is 6.18 Å². The molecule has 1 saturated heterocycles. The molecule has 1 unspecified atom stereocenters. The molecule has 3 aromatic rings. The molecule has 1 aliphatic heterocycles. The number of benzene rings is 1. The van der Waals surface area contributed by atoms with Crippen molar-refractivity contribution in [2.75, 3.05) is 31.1 Å². The molecular weight excluding hydrogens is 403 g/mol. The minimum absolute atomic E-state index is 0.291. The fourth-order valence-corrected chi connectivity index (χ4v) is 4.36. The summed E-state index contributed by atoms with van der Waals surface area (Å²) in [5.41, 5.74) is 2.12. The van der Waals surface area contributed by atoms with Crippen LogP contribution in [0.3, 0.4) is 0 Å². The van der Waals surface area contributed by atoms with Crippen molar-refractivity contribution >= 4 is 5.82 Å². The monoisotopic (exact) mass is 429 g/mol. The van der Waals surface area contributed by atoms with Gasteiger partial charge in [0.15, 0.2) is 0 Å². The van der Waals surface area contributed by atoms with E-state index in [-0.39, 0.29) is 0 Å². The molecule has 1 fully saturated rings. The number of pyridine rings is 1. The van der Waals surface area contributed by atoms with Crippen molar-refractivity contribution in [1.29, 1.82) is 0 Å². The average molecular weight is 429 g/mol. The highest BCUT2D eigenvalue weighted by Crippen LogP contribution is 2.35. The Balaban J connectivity index is 1.52. The Morgan fingerprint density at radius 1 is 1.00 bits per heavy atom. The zero-order valence-corrected chi connectivity index (χ0v) is 17.6. The van der Waals surface area contributed by atoms with Gasteiger partial charge in [-0.15, -0.1) is 0 Å². The van der Waals surface area contributed by atoms with E-state index in [0.29, 0.717) is 12.0 Å². The van der Waals surface area contributed by atoms with Crippen LogP contribution in [0.1, 0.15) is 31.0 Å². The zero-order valence-electron chi connectivity index (χ0n) is 17.6. The maximum absolute atomic E-state index is 12.9. The minimum Gasteiger partial charge on any atom is -0.354 e. The summed E-state index contributed by atoms with van der Waals surface area (Å²) < 4.78 is 38.8. The smallest absolute Gasteiger partial charge is 0.354 e. The second-order valence-corrected chi connectivity index (χ2v) is 8.19. The molecule has 0 amide bonds. The highest BCUT2D eigenvalue weighted by molar-refractivity contribution is 5.76. The Morgan fingerprint density at radius 3 is 2.29 bits per heavy atom. The summed E-state index contributed by atoms with van der Waals surface area (Å²) in [6, 6.07) is 9.32. The fourth-order valence-electron chi connectivity index (χ4n) is 4.36. The summed E-state index contributed by atoms with van der Waals surface area (Å²) in [4.78, 5) is 9.26. The first-order valence-corrected chi connectivity index (χ1v) is 10.4. The molecule has 0 radical (unpaired) electrons. The lowest BCUT2D eigenvalue weighted by Gasteiger charge is -2.41. The number of aromatic amines is 1. The first-order chi connectivity index (χ1) is 14.8. The van der Waals surface area contributed by atoms with Crippen LogP contribution in [0.25, 0.3) is 11.1 Å².